The zero-order chi connectivity index (χ0) is 17.4. The van der Waals surface area contributed by atoms with E-state index in [4.69, 9.17) is 4.74 Å². The lowest BCUT2D eigenvalue weighted by atomic mass is 9.98. The molecule has 0 spiro atoms. The summed E-state index contributed by atoms with van der Waals surface area (Å²) in [6.07, 6.45) is 0.291. The minimum absolute atomic E-state index is 0.235. The van der Waals surface area contributed by atoms with Gasteiger partial charge in [-0.3, -0.25) is 14.4 Å². The van der Waals surface area contributed by atoms with E-state index in [1.165, 1.54) is 0 Å². The number of ether oxygens (including phenoxy) is 1. The van der Waals surface area contributed by atoms with Gasteiger partial charge in [-0.25, -0.2) is 0 Å². The van der Waals surface area contributed by atoms with Gasteiger partial charge in [-0.15, -0.1) is 0 Å². The molecule has 1 rings (SSSR count). The molecule has 126 valence electrons. The first-order valence-electron chi connectivity index (χ1n) is 7.66. The zero-order valence-electron chi connectivity index (χ0n) is 14.1. The van der Waals surface area contributed by atoms with E-state index >= 15 is 0 Å². The van der Waals surface area contributed by atoms with Crippen LogP contribution in [0.15, 0.2) is 18.2 Å². The molecule has 0 saturated heterocycles. The average molecular weight is 320 g/mol. The first-order valence-corrected chi connectivity index (χ1v) is 7.66. The predicted molar refractivity (Wildman–Crippen MR) is 88.2 cm³/mol. The van der Waals surface area contributed by atoms with E-state index in [9.17, 15) is 14.4 Å². The van der Waals surface area contributed by atoms with Crippen LogP contribution in [0.5, 0.6) is 0 Å². The Bertz CT molecular complexity index is 582. The monoisotopic (exact) mass is 320 g/mol. The number of rotatable bonds is 7. The van der Waals surface area contributed by atoms with Crippen molar-refractivity contribution in [2.75, 3.05) is 18.5 Å². The minimum Gasteiger partial charge on any atom is -0.454 e. The second-order valence-electron chi connectivity index (χ2n) is 5.53. The Morgan fingerprint density at radius 3 is 2.48 bits per heavy atom. The standard InChI is InChI=1S/C17H24N2O4/c1-5-14(20)18-9-16(22)23-10-15(21)19-17-12(4)7-6-8-13(17)11(2)3/h6-8,11H,5,9-10H2,1-4H3,(H,18,20)(H,19,21). The second kappa shape index (κ2) is 8.92. The van der Waals surface area contributed by atoms with Gasteiger partial charge in [0, 0.05) is 12.1 Å². The van der Waals surface area contributed by atoms with Crippen LogP contribution in [-0.2, 0) is 19.1 Å². The molecule has 0 unspecified atom stereocenters. The van der Waals surface area contributed by atoms with E-state index < -0.39 is 11.9 Å². The number of amides is 2. The molecule has 0 aliphatic carbocycles. The highest BCUT2D eigenvalue weighted by Crippen LogP contribution is 2.27. The van der Waals surface area contributed by atoms with Crippen LogP contribution in [0.2, 0.25) is 0 Å². The normalized spacial score (nSPS) is 10.3. The van der Waals surface area contributed by atoms with E-state index in [0.29, 0.717) is 6.42 Å². The van der Waals surface area contributed by atoms with E-state index in [1.807, 2.05) is 39.0 Å². The van der Waals surface area contributed by atoms with Gasteiger partial charge >= 0.3 is 5.97 Å². The van der Waals surface area contributed by atoms with E-state index in [0.717, 1.165) is 16.8 Å². The van der Waals surface area contributed by atoms with Crippen LogP contribution >= 0.6 is 0 Å². The largest absolute Gasteiger partial charge is 0.454 e. The minimum atomic E-state index is -0.643. The third kappa shape index (κ3) is 6.10. The van der Waals surface area contributed by atoms with Crippen molar-refractivity contribution in [3.63, 3.8) is 0 Å². The third-order valence-electron chi connectivity index (χ3n) is 3.31. The molecular weight excluding hydrogens is 296 g/mol. The molecule has 0 aliphatic heterocycles. The average Bonchev–Trinajstić information content (AvgIpc) is 2.52. The molecule has 0 radical (unpaired) electrons. The molecule has 0 atom stereocenters. The van der Waals surface area contributed by atoms with Crippen molar-refractivity contribution >= 4 is 23.5 Å². The lowest BCUT2D eigenvalue weighted by molar-refractivity contribution is -0.147. The molecule has 0 aromatic heterocycles. The molecule has 2 amide bonds. The Morgan fingerprint density at radius 1 is 1.17 bits per heavy atom. The molecule has 0 fully saturated rings. The van der Waals surface area contributed by atoms with Gasteiger partial charge in [0.15, 0.2) is 6.61 Å². The molecule has 2 N–H and O–H groups in total. The lowest BCUT2D eigenvalue weighted by Crippen LogP contribution is -2.31. The van der Waals surface area contributed by atoms with Gasteiger partial charge in [0.25, 0.3) is 5.91 Å². The maximum absolute atomic E-state index is 12.0. The summed E-state index contributed by atoms with van der Waals surface area (Å²) >= 11 is 0. The van der Waals surface area contributed by atoms with Crippen LogP contribution < -0.4 is 10.6 Å². The number of anilines is 1. The van der Waals surface area contributed by atoms with Gasteiger partial charge in [0.1, 0.15) is 6.54 Å². The van der Waals surface area contributed by atoms with Crippen molar-refractivity contribution in [3.8, 4) is 0 Å². The fourth-order valence-corrected chi connectivity index (χ4v) is 2.01. The number of carbonyl (C=O) groups excluding carboxylic acids is 3. The van der Waals surface area contributed by atoms with Crippen LogP contribution in [-0.4, -0.2) is 30.9 Å². The fraction of sp³-hybridized carbons (Fsp3) is 0.471. The van der Waals surface area contributed by atoms with Gasteiger partial charge in [-0.05, 0) is 24.0 Å². The fourth-order valence-electron chi connectivity index (χ4n) is 2.01. The highest BCUT2D eigenvalue weighted by atomic mass is 16.5. The van der Waals surface area contributed by atoms with Crippen molar-refractivity contribution in [2.45, 2.75) is 40.0 Å². The number of nitrogens with one attached hydrogen (secondary N) is 2. The Hall–Kier alpha value is -2.37. The van der Waals surface area contributed by atoms with E-state index in [-0.39, 0.29) is 25.0 Å². The molecule has 0 aliphatic rings. The van der Waals surface area contributed by atoms with E-state index in [1.54, 1.807) is 6.92 Å². The molecule has 1 aromatic carbocycles. The third-order valence-corrected chi connectivity index (χ3v) is 3.31. The number of hydrogen-bond donors (Lipinski definition) is 2. The van der Waals surface area contributed by atoms with Crippen LogP contribution in [0.1, 0.15) is 44.2 Å². The summed E-state index contributed by atoms with van der Waals surface area (Å²) in [5, 5.41) is 5.18. The summed E-state index contributed by atoms with van der Waals surface area (Å²) in [6, 6.07) is 5.81. The molecule has 6 heteroatoms. The van der Waals surface area contributed by atoms with Crippen LogP contribution in [0.3, 0.4) is 0 Å². The summed E-state index contributed by atoms with van der Waals surface area (Å²) < 4.78 is 4.85. The highest BCUT2D eigenvalue weighted by Gasteiger charge is 2.13. The number of carbonyl (C=O) groups is 3. The summed E-state index contributed by atoms with van der Waals surface area (Å²) in [5.41, 5.74) is 2.73. The maximum atomic E-state index is 12.0. The lowest BCUT2D eigenvalue weighted by Gasteiger charge is -2.16. The number of aryl methyl sites for hydroxylation is 1. The van der Waals surface area contributed by atoms with Gasteiger partial charge in [-0.2, -0.15) is 0 Å². The van der Waals surface area contributed by atoms with Crippen molar-refractivity contribution in [2.24, 2.45) is 0 Å². The Labute approximate surface area is 136 Å². The Morgan fingerprint density at radius 2 is 1.87 bits per heavy atom. The van der Waals surface area contributed by atoms with Gasteiger partial charge in [-0.1, -0.05) is 39.0 Å². The molecule has 0 bridgehead atoms. The number of benzene rings is 1. The van der Waals surface area contributed by atoms with Gasteiger partial charge in [0.05, 0.1) is 0 Å². The molecule has 0 heterocycles. The molecular formula is C17H24N2O4. The Kier molecular flexibility index (Phi) is 7.25. The smallest absolute Gasteiger partial charge is 0.325 e. The van der Waals surface area contributed by atoms with Crippen LogP contribution in [0.4, 0.5) is 5.69 Å². The highest BCUT2D eigenvalue weighted by molar-refractivity contribution is 5.94. The topological polar surface area (TPSA) is 84.5 Å². The van der Waals surface area contributed by atoms with Gasteiger partial charge < -0.3 is 15.4 Å². The Balaban J connectivity index is 2.55. The zero-order valence-corrected chi connectivity index (χ0v) is 14.1. The van der Waals surface area contributed by atoms with Crippen molar-refractivity contribution in [1.82, 2.24) is 5.32 Å². The molecule has 1 aromatic rings. The van der Waals surface area contributed by atoms with Crippen LogP contribution in [0.25, 0.3) is 0 Å². The summed E-state index contributed by atoms with van der Waals surface area (Å²) in [7, 11) is 0. The quantitative estimate of drug-likeness (QED) is 0.754. The number of para-hydroxylation sites is 1. The molecule has 23 heavy (non-hydrogen) atoms. The van der Waals surface area contributed by atoms with Crippen LogP contribution in [0, 0.1) is 6.92 Å². The summed E-state index contributed by atoms with van der Waals surface area (Å²) in [4.78, 5) is 34.4. The van der Waals surface area contributed by atoms with Crippen molar-refractivity contribution < 1.29 is 19.1 Å². The second-order valence-corrected chi connectivity index (χ2v) is 5.53. The number of hydrogen-bond acceptors (Lipinski definition) is 4. The number of esters is 1. The molecule has 0 saturated carbocycles. The summed E-state index contributed by atoms with van der Waals surface area (Å²) in [6.45, 7) is 7.06. The first kappa shape index (κ1) is 18.7. The maximum Gasteiger partial charge on any atom is 0.325 e. The summed E-state index contributed by atoms with van der Waals surface area (Å²) in [5.74, 6) is -1.03. The SMILES string of the molecule is CCC(=O)NCC(=O)OCC(=O)Nc1c(C)cccc1C(C)C. The predicted octanol–water partition coefficient (Wildman–Crippen LogP) is 2.13. The van der Waals surface area contributed by atoms with Gasteiger partial charge in [0.2, 0.25) is 5.91 Å². The first-order chi connectivity index (χ1) is 10.8. The van der Waals surface area contributed by atoms with E-state index in [2.05, 4.69) is 10.6 Å². The molecule has 6 nitrogen and oxygen atoms in total. The van der Waals surface area contributed by atoms with Crippen molar-refractivity contribution in [1.29, 1.82) is 0 Å². The van der Waals surface area contributed by atoms with Crippen molar-refractivity contribution in [3.05, 3.63) is 29.3 Å².